The van der Waals surface area contributed by atoms with Gasteiger partial charge in [-0.25, -0.2) is 0 Å². The minimum absolute atomic E-state index is 0.486. The second kappa shape index (κ2) is 5.99. The molecule has 0 atom stereocenters. The van der Waals surface area contributed by atoms with Crippen LogP contribution < -0.4 is 4.74 Å². The van der Waals surface area contributed by atoms with Crippen LogP contribution in [0.15, 0.2) is 42.1 Å². The van der Waals surface area contributed by atoms with Crippen LogP contribution in [0.2, 0.25) is 5.02 Å². The van der Waals surface area contributed by atoms with Crippen molar-refractivity contribution in [3.63, 3.8) is 0 Å². The van der Waals surface area contributed by atoms with Crippen LogP contribution in [0.25, 0.3) is 5.57 Å². The zero-order valence-electron chi connectivity index (χ0n) is 13.2. The number of hydrogen-bond donors (Lipinski definition) is 0. The number of ether oxygens (including phenoxy) is 1. The zero-order valence-corrected chi connectivity index (χ0v) is 13.9. The predicted octanol–water partition coefficient (Wildman–Crippen LogP) is 4.15. The van der Waals surface area contributed by atoms with Crippen molar-refractivity contribution in [3.05, 3.63) is 63.9 Å². The molecule has 2 aliphatic heterocycles. The number of aromatic nitrogens is 1. The molecule has 0 N–H and O–H groups in total. The lowest BCUT2D eigenvalue weighted by molar-refractivity contribution is 0.302. The molecule has 1 aromatic heterocycles. The Kier molecular flexibility index (Phi) is 3.83. The van der Waals surface area contributed by atoms with E-state index in [2.05, 4.69) is 29.1 Å². The largest absolute Gasteiger partial charge is 0.487 e. The van der Waals surface area contributed by atoms with Gasteiger partial charge in [0.25, 0.3) is 0 Å². The van der Waals surface area contributed by atoms with Crippen molar-refractivity contribution < 1.29 is 4.74 Å². The summed E-state index contributed by atoms with van der Waals surface area (Å²) in [7, 11) is 2.18. The molecule has 3 nitrogen and oxygen atoms in total. The molecule has 3 heterocycles. The molecule has 0 saturated carbocycles. The summed E-state index contributed by atoms with van der Waals surface area (Å²) < 4.78 is 6.01. The second-order valence-corrected chi connectivity index (χ2v) is 6.65. The van der Waals surface area contributed by atoms with E-state index < -0.39 is 0 Å². The molecule has 4 rings (SSSR count). The molecule has 0 amide bonds. The topological polar surface area (TPSA) is 25.4 Å². The number of pyridine rings is 1. The fraction of sp³-hybridized carbons (Fsp3) is 0.316. The van der Waals surface area contributed by atoms with E-state index in [-0.39, 0.29) is 0 Å². The molecule has 2 aliphatic rings. The maximum absolute atomic E-state index is 6.18. The van der Waals surface area contributed by atoms with Crippen molar-refractivity contribution in [1.29, 1.82) is 0 Å². The van der Waals surface area contributed by atoms with E-state index in [9.17, 15) is 0 Å². The summed E-state index contributed by atoms with van der Waals surface area (Å²) >= 11 is 6.18. The van der Waals surface area contributed by atoms with Crippen LogP contribution >= 0.6 is 11.6 Å². The van der Waals surface area contributed by atoms with E-state index in [0.29, 0.717) is 11.6 Å². The molecule has 118 valence electrons. The van der Waals surface area contributed by atoms with Crippen molar-refractivity contribution in [2.24, 2.45) is 0 Å². The summed E-state index contributed by atoms with van der Waals surface area (Å²) in [5, 5.41) is 0.704. The number of halogens is 1. The van der Waals surface area contributed by atoms with Gasteiger partial charge in [-0.15, -0.1) is 0 Å². The Hall–Kier alpha value is -1.84. The monoisotopic (exact) mass is 326 g/mol. The van der Waals surface area contributed by atoms with Gasteiger partial charge in [0.15, 0.2) is 0 Å². The molecule has 4 heteroatoms. The summed E-state index contributed by atoms with van der Waals surface area (Å²) in [5.74, 6) is 0.858. The third kappa shape index (κ3) is 2.75. The highest BCUT2D eigenvalue weighted by atomic mass is 35.5. The van der Waals surface area contributed by atoms with Crippen LogP contribution in [0.1, 0.15) is 29.7 Å². The third-order valence-corrected chi connectivity index (χ3v) is 4.92. The minimum atomic E-state index is 0.486. The third-order valence-electron chi connectivity index (χ3n) is 4.68. The Morgan fingerprint density at radius 2 is 1.96 bits per heavy atom. The van der Waals surface area contributed by atoms with Crippen LogP contribution in [0.4, 0.5) is 0 Å². The van der Waals surface area contributed by atoms with Crippen molar-refractivity contribution in [3.8, 4) is 5.75 Å². The number of benzene rings is 1. The number of likely N-dealkylation sites (tertiary alicyclic amines) is 1. The average Bonchev–Trinajstić information content (AvgIpc) is 2.72. The lowest BCUT2D eigenvalue weighted by atomic mass is 9.88. The molecule has 23 heavy (non-hydrogen) atoms. The van der Waals surface area contributed by atoms with Crippen molar-refractivity contribution in [1.82, 2.24) is 9.88 Å². The molecular weight excluding hydrogens is 308 g/mol. The first-order valence-electron chi connectivity index (χ1n) is 8.00. The van der Waals surface area contributed by atoms with Gasteiger partial charge in [0.05, 0.1) is 5.69 Å². The van der Waals surface area contributed by atoms with Crippen LogP contribution in [0.3, 0.4) is 0 Å². The first kappa shape index (κ1) is 14.7. The predicted molar refractivity (Wildman–Crippen MR) is 92.8 cm³/mol. The Morgan fingerprint density at radius 1 is 1.13 bits per heavy atom. The maximum Gasteiger partial charge on any atom is 0.131 e. The van der Waals surface area contributed by atoms with E-state index >= 15 is 0 Å². The van der Waals surface area contributed by atoms with Gasteiger partial charge in [0.1, 0.15) is 12.4 Å². The SMILES string of the molecule is CN1CCC(=C2c3ccc(Cl)cc3OCc3ncccc32)CC1. The summed E-state index contributed by atoms with van der Waals surface area (Å²) in [4.78, 5) is 6.92. The van der Waals surface area contributed by atoms with E-state index in [0.717, 1.165) is 42.9 Å². The van der Waals surface area contributed by atoms with Gasteiger partial charge >= 0.3 is 0 Å². The van der Waals surface area contributed by atoms with Crippen LogP contribution in [0, 0.1) is 0 Å². The van der Waals surface area contributed by atoms with Gasteiger partial charge in [-0.05, 0) is 49.7 Å². The van der Waals surface area contributed by atoms with E-state index in [1.165, 1.54) is 16.7 Å². The van der Waals surface area contributed by atoms with Gasteiger partial charge in [-0.1, -0.05) is 23.2 Å². The number of rotatable bonds is 0. The molecular formula is C19H19ClN2O. The quantitative estimate of drug-likeness (QED) is 0.727. The zero-order chi connectivity index (χ0) is 15.8. The minimum Gasteiger partial charge on any atom is -0.487 e. The molecule has 1 saturated heterocycles. The highest BCUT2D eigenvalue weighted by Gasteiger charge is 2.24. The molecule has 0 aliphatic carbocycles. The Balaban J connectivity index is 1.94. The van der Waals surface area contributed by atoms with Crippen LogP contribution in [0.5, 0.6) is 5.75 Å². The summed E-state index contributed by atoms with van der Waals surface area (Å²) in [5.41, 5.74) is 6.13. The highest BCUT2D eigenvalue weighted by molar-refractivity contribution is 6.30. The highest BCUT2D eigenvalue weighted by Crippen LogP contribution is 2.41. The van der Waals surface area contributed by atoms with Gasteiger partial charge in [-0.3, -0.25) is 4.98 Å². The molecule has 0 spiro atoms. The lowest BCUT2D eigenvalue weighted by Crippen LogP contribution is -2.27. The van der Waals surface area contributed by atoms with Crippen molar-refractivity contribution in [2.75, 3.05) is 20.1 Å². The number of nitrogens with zero attached hydrogens (tertiary/aromatic N) is 2. The standard InChI is InChI=1S/C19H19ClN2O/c1-22-9-6-13(7-10-22)19-15-3-2-8-21-17(15)12-23-18-11-14(20)4-5-16(18)19/h2-5,8,11H,6-7,9-10,12H2,1H3. The molecule has 2 aromatic rings. The van der Waals surface area contributed by atoms with Gasteiger partial charge in [0, 0.05) is 35.4 Å². The van der Waals surface area contributed by atoms with Crippen molar-refractivity contribution >= 4 is 17.2 Å². The Morgan fingerprint density at radius 3 is 2.78 bits per heavy atom. The molecule has 0 unspecified atom stereocenters. The normalized spacial score (nSPS) is 18.0. The van der Waals surface area contributed by atoms with Gasteiger partial charge in [0.2, 0.25) is 0 Å². The summed E-state index contributed by atoms with van der Waals surface area (Å²) in [6.07, 6.45) is 4.01. The lowest BCUT2D eigenvalue weighted by Gasteiger charge is -2.27. The number of fused-ring (bicyclic) bond motifs is 2. The maximum atomic E-state index is 6.18. The molecule has 0 radical (unpaired) electrons. The van der Waals surface area contributed by atoms with E-state index in [4.69, 9.17) is 16.3 Å². The van der Waals surface area contributed by atoms with Gasteiger partial charge in [-0.2, -0.15) is 0 Å². The average molecular weight is 327 g/mol. The van der Waals surface area contributed by atoms with Gasteiger partial charge < -0.3 is 9.64 Å². The fourth-order valence-corrected chi connectivity index (χ4v) is 3.58. The van der Waals surface area contributed by atoms with E-state index in [1.807, 2.05) is 24.4 Å². The first-order valence-corrected chi connectivity index (χ1v) is 8.38. The summed E-state index contributed by atoms with van der Waals surface area (Å²) in [6, 6.07) is 10.1. The van der Waals surface area contributed by atoms with E-state index in [1.54, 1.807) is 0 Å². The Labute approximate surface area is 141 Å². The molecule has 1 aromatic carbocycles. The second-order valence-electron chi connectivity index (χ2n) is 6.21. The summed E-state index contributed by atoms with van der Waals surface area (Å²) in [6.45, 7) is 2.68. The van der Waals surface area contributed by atoms with Crippen LogP contribution in [-0.2, 0) is 6.61 Å². The smallest absolute Gasteiger partial charge is 0.131 e. The fourth-order valence-electron chi connectivity index (χ4n) is 3.41. The molecule has 0 bridgehead atoms. The number of piperidine rings is 1. The molecule has 1 fully saturated rings. The van der Waals surface area contributed by atoms with Crippen LogP contribution in [-0.4, -0.2) is 30.0 Å². The Bertz CT molecular complexity index is 775. The number of hydrogen-bond acceptors (Lipinski definition) is 3. The van der Waals surface area contributed by atoms with Crippen molar-refractivity contribution in [2.45, 2.75) is 19.4 Å². The first-order chi connectivity index (χ1) is 11.2.